The fourth-order valence-corrected chi connectivity index (χ4v) is 4.69. The number of benzene rings is 2. The minimum absolute atomic E-state index is 0.0635. The lowest BCUT2D eigenvalue weighted by molar-refractivity contribution is 0.0789. The monoisotopic (exact) mass is 434 g/mol. The molecule has 0 radical (unpaired) electrons. The van der Waals surface area contributed by atoms with Gasteiger partial charge in [0.15, 0.2) is 0 Å². The molecular weight excluding hydrogens is 400 g/mol. The number of aromatic amines is 1. The fourth-order valence-electron chi connectivity index (χ4n) is 4.69. The van der Waals surface area contributed by atoms with Gasteiger partial charge in [-0.3, -0.25) is 4.79 Å². The lowest BCUT2D eigenvalue weighted by Crippen LogP contribution is -2.36. The summed E-state index contributed by atoms with van der Waals surface area (Å²) in [5.74, 6) is 0.0635. The molecule has 1 fully saturated rings. The molecule has 1 atom stereocenters. The van der Waals surface area contributed by atoms with E-state index in [1.165, 1.54) is 22.3 Å². The van der Waals surface area contributed by atoms with Crippen LogP contribution in [0.4, 0.5) is 5.69 Å². The van der Waals surface area contributed by atoms with E-state index in [0.29, 0.717) is 25.2 Å². The highest BCUT2D eigenvalue weighted by atomic mass is 16.3. The van der Waals surface area contributed by atoms with Crippen LogP contribution in [0.2, 0.25) is 0 Å². The van der Waals surface area contributed by atoms with Crippen LogP contribution in [0.5, 0.6) is 0 Å². The molecule has 4 rings (SSSR count). The molecule has 1 aliphatic heterocycles. The number of nitrogens with zero attached hydrogens (tertiary/aromatic N) is 1. The van der Waals surface area contributed by atoms with E-state index in [0.717, 1.165) is 35.2 Å². The number of aliphatic hydroxyl groups is 1. The molecule has 0 saturated carbocycles. The normalized spacial score (nSPS) is 16.2. The van der Waals surface area contributed by atoms with Crippen LogP contribution in [0, 0.1) is 27.7 Å². The molecule has 0 spiro atoms. The highest BCUT2D eigenvalue weighted by molar-refractivity contribution is 6.03. The van der Waals surface area contributed by atoms with Crippen molar-refractivity contribution >= 4 is 22.5 Å². The van der Waals surface area contributed by atoms with E-state index in [9.17, 15) is 4.79 Å². The molecular formula is C26H34N4O2. The highest BCUT2D eigenvalue weighted by Gasteiger charge is 2.27. The SMILES string of the molecule is Cc1cccc(C)c1CNc1cc(C(=O)N2CCC(NCCO)C2)cc2c(C)c(C)[nH]c12. The topological polar surface area (TPSA) is 80.4 Å². The van der Waals surface area contributed by atoms with Gasteiger partial charge in [-0.25, -0.2) is 0 Å². The summed E-state index contributed by atoms with van der Waals surface area (Å²) in [6, 6.07) is 10.6. The number of rotatable bonds is 7. The maximum Gasteiger partial charge on any atom is 0.254 e. The third kappa shape index (κ3) is 4.38. The fraction of sp³-hybridized carbons (Fsp3) is 0.423. The maximum atomic E-state index is 13.4. The van der Waals surface area contributed by atoms with Gasteiger partial charge in [-0.2, -0.15) is 0 Å². The number of hydrogen-bond acceptors (Lipinski definition) is 4. The van der Waals surface area contributed by atoms with E-state index in [-0.39, 0.29) is 18.6 Å². The number of aryl methyl sites for hydroxylation is 4. The highest BCUT2D eigenvalue weighted by Crippen LogP contribution is 2.31. The van der Waals surface area contributed by atoms with Crippen LogP contribution in [0.15, 0.2) is 30.3 Å². The van der Waals surface area contributed by atoms with Crippen LogP contribution in [0.25, 0.3) is 10.9 Å². The Balaban J connectivity index is 1.63. The number of likely N-dealkylation sites (tertiary alicyclic amines) is 1. The van der Waals surface area contributed by atoms with Crippen molar-refractivity contribution in [2.75, 3.05) is 31.6 Å². The number of anilines is 1. The molecule has 32 heavy (non-hydrogen) atoms. The number of aliphatic hydroxyl groups excluding tert-OH is 1. The summed E-state index contributed by atoms with van der Waals surface area (Å²) in [4.78, 5) is 18.8. The molecule has 1 aromatic heterocycles. The first-order valence-electron chi connectivity index (χ1n) is 11.4. The number of fused-ring (bicyclic) bond motifs is 1. The van der Waals surface area contributed by atoms with E-state index < -0.39 is 0 Å². The smallest absolute Gasteiger partial charge is 0.254 e. The number of amides is 1. The predicted molar refractivity (Wildman–Crippen MR) is 130 cm³/mol. The summed E-state index contributed by atoms with van der Waals surface area (Å²) < 4.78 is 0. The lowest BCUT2D eigenvalue weighted by atomic mass is 10.0. The Bertz CT molecular complexity index is 1110. The molecule has 6 nitrogen and oxygen atoms in total. The second-order valence-corrected chi connectivity index (χ2v) is 8.96. The zero-order valence-corrected chi connectivity index (χ0v) is 19.5. The molecule has 170 valence electrons. The summed E-state index contributed by atoms with van der Waals surface area (Å²) in [6.45, 7) is 11.2. The van der Waals surface area contributed by atoms with Crippen LogP contribution in [0.1, 0.15) is 44.7 Å². The first-order valence-corrected chi connectivity index (χ1v) is 11.4. The van der Waals surface area contributed by atoms with Crippen molar-refractivity contribution in [3.63, 3.8) is 0 Å². The Labute approximate surface area is 190 Å². The van der Waals surface area contributed by atoms with E-state index in [2.05, 4.69) is 61.5 Å². The molecule has 4 N–H and O–H groups in total. The van der Waals surface area contributed by atoms with E-state index in [1.807, 2.05) is 17.0 Å². The van der Waals surface area contributed by atoms with Gasteiger partial charge in [0, 0.05) is 48.9 Å². The quantitative estimate of drug-likeness (QED) is 0.456. The summed E-state index contributed by atoms with van der Waals surface area (Å²) in [5.41, 5.74) is 8.83. The number of H-pyrrole nitrogens is 1. The number of nitrogens with one attached hydrogen (secondary N) is 3. The van der Waals surface area contributed by atoms with Crippen molar-refractivity contribution < 1.29 is 9.90 Å². The van der Waals surface area contributed by atoms with Gasteiger partial charge >= 0.3 is 0 Å². The first-order chi connectivity index (χ1) is 15.4. The van der Waals surface area contributed by atoms with Crippen molar-refractivity contribution in [1.82, 2.24) is 15.2 Å². The lowest BCUT2D eigenvalue weighted by Gasteiger charge is -2.19. The van der Waals surface area contributed by atoms with Gasteiger partial charge in [0.2, 0.25) is 0 Å². The van der Waals surface area contributed by atoms with Gasteiger partial charge in [0.05, 0.1) is 17.8 Å². The zero-order chi connectivity index (χ0) is 22.8. The standard InChI is InChI=1S/C26H34N4O2/c1-16-6-5-7-17(2)23(16)14-28-24-13-20(12-22-18(3)19(4)29-25(22)24)26(32)30-10-8-21(15-30)27-9-11-31/h5-7,12-13,21,27-29,31H,8-11,14-15H2,1-4H3. The Hall–Kier alpha value is -2.83. The van der Waals surface area contributed by atoms with E-state index in [1.54, 1.807) is 0 Å². The third-order valence-corrected chi connectivity index (χ3v) is 6.78. The number of carbonyl (C=O) groups is 1. The van der Waals surface area contributed by atoms with Crippen LogP contribution in [-0.2, 0) is 6.54 Å². The molecule has 1 saturated heterocycles. The molecule has 6 heteroatoms. The molecule has 3 aromatic rings. The maximum absolute atomic E-state index is 13.4. The van der Waals surface area contributed by atoms with Gasteiger partial charge in [0.1, 0.15) is 0 Å². The average Bonchev–Trinajstić information content (AvgIpc) is 3.36. The molecule has 1 aliphatic rings. The molecule has 2 heterocycles. The van der Waals surface area contributed by atoms with Crippen molar-refractivity contribution in [1.29, 1.82) is 0 Å². The van der Waals surface area contributed by atoms with Crippen LogP contribution < -0.4 is 10.6 Å². The number of hydrogen-bond donors (Lipinski definition) is 4. The Morgan fingerprint density at radius 1 is 1.19 bits per heavy atom. The first kappa shape index (κ1) is 22.4. The summed E-state index contributed by atoms with van der Waals surface area (Å²) in [7, 11) is 0. The minimum atomic E-state index is 0.0635. The van der Waals surface area contributed by atoms with Crippen molar-refractivity contribution in [2.45, 2.75) is 46.7 Å². The second-order valence-electron chi connectivity index (χ2n) is 8.96. The number of carbonyl (C=O) groups excluding carboxylic acids is 1. The second kappa shape index (κ2) is 9.35. The van der Waals surface area contributed by atoms with Crippen LogP contribution >= 0.6 is 0 Å². The molecule has 0 aliphatic carbocycles. The van der Waals surface area contributed by atoms with Crippen molar-refractivity contribution in [3.8, 4) is 0 Å². The Morgan fingerprint density at radius 3 is 2.66 bits per heavy atom. The zero-order valence-electron chi connectivity index (χ0n) is 19.5. The molecule has 1 unspecified atom stereocenters. The van der Waals surface area contributed by atoms with E-state index >= 15 is 0 Å². The van der Waals surface area contributed by atoms with Gasteiger partial charge in [0.25, 0.3) is 5.91 Å². The summed E-state index contributed by atoms with van der Waals surface area (Å²) in [5, 5.41) is 17.1. The van der Waals surface area contributed by atoms with Gasteiger partial charge < -0.3 is 25.6 Å². The minimum Gasteiger partial charge on any atom is -0.395 e. The third-order valence-electron chi connectivity index (χ3n) is 6.78. The van der Waals surface area contributed by atoms with Crippen LogP contribution in [0.3, 0.4) is 0 Å². The summed E-state index contributed by atoms with van der Waals surface area (Å²) >= 11 is 0. The largest absolute Gasteiger partial charge is 0.395 e. The van der Waals surface area contributed by atoms with Crippen LogP contribution in [-0.4, -0.2) is 53.2 Å². The average molecular weight is 435 g/mol. The predicted octanol–water partition coefficient (Wildman–Crippen LogP) is 3.81. The van der Waals surface area contributed by atoms with Gasteiger partial charge in [-0.1, -0.05) is 18.2 Å². The van der Waals surface area contributed by atoms with Crippen molar-refractivity contribution in [3.05, 3.63) is 63.8 Å². The number of aromatic nitrogens is 1. The van der Waals surface area contributed by atoms with Gasteiger partial charge in [-0.15, -0.1) is 0 Å². The van der Waals surface area contributed by atoms with Gasteiger partial charge in [-0.05, 0) is 68.5 Å². The molecule has 0 bridgehead atoms. The van der Waals surface area contributed by atoms with E-state index in [4.69, 9.17) is 5.11 Å². The molecule has 1 amide bonds. The summed E-state index contributed by atoms with van der Waals surface area (Å²) in [6.07, 6.45) is 0.911. The molecule has 2 aromatic carbocycles. The van der Waals surface area contributed by atoms with Crippen molar-refractivity contribution in [2.24, 2.45) is 0 Å². The Morgan fingerprint density at radius 2 is 1.94 bits per heavy atom. The Kier molecular flexibility index (Phi) is 6.53.